The number of anilines is 2. The predicted molar refractivity (Wildman–Crippen MR) is 140 cm³/mol. The van der Waals surface area contributed by atoms with Crippen molar-refractivity contribution in [2.24, 2.45) is 0 Å². The Morgan fingerprint density at radius 3 is 2.68 bits per heavy atom. The number of sulfonamides is 1. The lowest BCUT2D eigenvalue weighted by atomic mass is 10.1. The van der Waals surface area contributed by atoms with Crippen molar-refractivity contribution in [1.29, 1.82) is 0 Å². The lowest BCUT2D eigenvalue weighted by Gasteiger charge is -2.18. The first-order chi connectivity index (χ1) is 17.8. The van der Waals surface area contributed by atoms with E-state index in [1.807, 2.05) is 0 Å². The quantitative estimate of drug-likeness (QED) is 0.385. The minimum atomic E-state index is -3.83. The van der Waals surface area contributed by atoms with E-state index in [9.17, 15) is 22.8 Å². The number of H-pyrrole nitrogens is 1. The molecule has 10 nitrogen and oxygen atoms in total. The molecule has 2 heterocycles. The van der Waals surface area contributed by atoms with Crippen LogP contribution >= 0.6 is 0 Å². The molecule has 0 aliphatic carbocycles. The summed E-state index contributed by atoms with van der Waals surface area (Å²) in [6, 6.07) is 18.0. The average molecular weight is 521 g/mol. The SMILES string of the molecule is COc1cccc(S(=O)(=O)Nc2ccc3c(c2)CCN3C(=O)CCn2c(=O)[nH]c(=O)c3ccccc32)c1. The Labute approximate surface area is 212 Å². The van der Waals surface area contributed by atoms with Gasteiger partial charge in [-0.25, -0.2) is 13.2 Å². The molecule has 190 valence electrons. The second kappa shape index (κ2) is 9.58. The molecule has 2 N–H and O–H groups in total. The maximum absolute atomic E-state index is 13.1. The fourth-order valence-corrected chi connectivity index (χ4v) is 5.60. The minimum Gasteiger partial charge on any atom is -0.497 e. The summed E-state index contributed by atoms with van der Waals surface area (Å²) in [6.45, 7) is 0.556. The van der Waals surface area contributed by atoms with E-state index >= 15 is 0 Å². The van der Waals surface area contributed by atoms with Gasteiger partial charge in [0.15, 0.2) is 0 Å². The number of carbonyl (C=O) groups excluding carboxylic acids is 1. The Morgan fingerprint density at radius 2 is 1.86 bits per heavy atom. The van der Waals surface area contributed by atoms with Crippen molar-refractivity contribution in [3.05, 3.63) is 93.1 Å². The topological polar surface area (TPSA) is 131 Å². The van der Waals surface area contributed by atoms with Crippen molar-refractivity contribution in [2.75, 3.05) is 23.3 Å². The van der Waals surface area contributed by atoms with Gasteiger partial charge in [0.05, 0.1) is 22.9 Å². The van der Waals surface area contributed by atoms with E-state index in [2.05, 4.69) is 9.71 Å². The third-order valence-electron chi connectivity index (χ3n) is 6.33. The molecule has 1 aromatic heterocycles. The first-order valence-corrected chi connectivity index (χ1v) is 13.1. The highest BCUT2D eigenvalue weighted by molar-refractivity contribution is 7.92. The average Bonchev–Trinajstić information content (AvgIpc) is 3.31. The minimum absolute atomic E-state index is 0.0552. The van der Waals surface area contributed by atoms with E-state index in [4.69, 9.17) is 4.74 Å². The summed E-state index contributed by atoms with van der Waals surface area (Å²) in [5, 5.41) is 0.380. The summed E-state index contributed by atoms with van der Waals surface area (Å²) in [4.78, 5) is 41.5. The van der Waals surface area contributed by atoms with Gasteiger partial charge >= 0.3 is 5.69 Å². The molecule has 1 aliphatic heterocycles. The first-order valence-electron chi connectivity index (χ1n) is 11.6. The van der Waals surface area contributed by atoms with Crippen LogP contribution in [0.3, 0.4) is 0 Å². The van der Waals surface area contributed by atoms with E-state index in [-0.39, 0.29) is 23.8 Å². The first kappa shape index (κ1) is 24.3. The molecule has 0 atom stereocenters. The zero-order chi connectivity index (χ0) is 26.2. The van der Waals surface area contributed by atoms with Crippen LogP contribution in [0.5, 0.6) is 5.75 Å². The van der Waals surface area contributed by atoms with Crippen LogP contribution in [0.4, 0.5) is 11.4 Å². The van der Waals surface area contributed by atoms with Crippen LogP contribution < -0.4 is 25.6 Å². The van der Waals surface area contributed by atoms with Crippen molar-refractivity contribution < 1.29 is 17.9 Å². The Morgan fingerprint density at radius 1 is 1.05 bits per heavy atom. The fraction of sp³-hybridized carbons (Fsp3) is 0.192. The number of aromatic nitrogens is 2. The van der Waals surface area contributed by atoms with Crippen LogP contribution in [-0.4, -0.2) is 37.5 Å². The van der Waals surface area contributed by atoms with E-state index in [1.54, 1.807) is 59.5 Å². The smallest absolute Gasteiger partial charge is 0.328 e. The second-order valence-electron chi connectivity index (χ2n) is 8.60. The van der Waals surface area contributed by atoms with E-state index in [0.29, 0.717) is 41.0 Å². The van der Waals surface area contributed by atoms with Crippen molar-refractivity contribution in [3.63, 3.8) is 0 Å². The van der Waals surface area contributed by atoms with Gasteiger partial charge in [0.25, 0.3) is 15.6 Å². The molecular formula is C26H24N4O6S. The summed E-state index contributed by atoms with van der Waals surface area (Å²) in [6.07, 6.45) is 0.622. The second-order valence-corrected chi connectivity index (χ2v) is 10.3. The van der Waals surface area contributed by atoms with Crippen LogP contribution in [0.15, 0.2) is 81.2 Å². The zero-order valence-corrected chi connectivity index (χ0v) is 20.7. The summed E-state index contributed by atoms with van der Waals surface area (Å²) in [5.41, 5.74) is 1.38. The number of hydrogen-bond acceptors (Lipinski definition) is 6. The van der Waals surface area contributed by atoms with Crippen LogP contribution in [-0.2, 0) is 27.8 Å². The normalized spacial score (nSPS) is 12.9. The number of aromatic amines is 1. The molecule has 0 saturated heterocycles. The lowest BCUT2D eigenvalue weighted by molar-refractivity contribution is -0.118. The fourth-order valence-electron chi connectivity index (χ4n) is 4.51. The van der Waals surface area contributed by atoms with Gasteiger partial charge in [0.1, 0.15) is 5.75 Å². The van der Waals surface area contributed by atoms with Gasteiger partial charge < -0.3 is 9.64 Å². The van der Waals surface area contributed by atoms with Gasteiger partial charge in [-0.2, -0.15) is 0 Å². The molecule has 37 heavy (non-hydrogen) atoms. The number of rotatable bonds is 7. The molecule has 0 saturated carbocycles. The Bertz CT molecular complexity index is 1740. The van der Waals surface area contributed by atoms with Crippen molar-refractivity contribution >= 4 is 38.2 Å². The van der Waals surface area contributed by atoms with Gasteiger partial charge in [-0.05, 0) is 54.4 Å². The monoisotopic (exact) mass is 520 g/mol. The molecule has 0 radical (unpaired) electrons. The number of aryl methyl sites for hydroxylation is 1. The van der Waals surface area contributed by atoms with Crippen LogP contribution in [0.1, 0.15) is 12.0 Å². The van der Waals surface area contributed by atoms with Crippen molar-refractivity contribution in [3.8, 4) is 5.75 Å². The summed E-state index contributed by atoms with van der Waals surface area (Å²) >= 11 is 0. The Balaban J connectivity index is 1.32. The summed E-state index contributed by atoms with van der Waals surface area (Å²) in [5.74, 6) is 0.258. The molecule has 0 unspecified atom stereocenters. The standard InChI is InChI=1S/C26H24N4O6S/c1-36-19-5-4-6-20(16-19)37(34,35)28-18-9-10-22-17(15-18)11-13-29(22)24(31)12-14-30-23-8-3-2-7-21(23)25(32)27-26(30)33/h2-10,15-16,28H,11-14H2,1H3,(H,27,32,33). The van der Waals surface area contributed by atoms with Gasteiger partial charge in [-0.3, -0.25) is 23.9 Å². The third kappa shape index (κ3) is 4.73. The Hall–Kier alpha value is -4.38. The van der Waals surface area contributed by atoms with E-state index in [0.717, 1.165) is 5.56 Å². The maximum Gasteiger partial charge on any atom is 0.328 e. The largest absolute Gasteiger partial charge is 0.497 e. The van der Waals surface area contributed by atoms with Gasteiger partial charge in [-0.1, -0.05) is 18.2 Å². The number of fused-ring (bicyclic) bond motifs is 2. The molecule has 3 aromatic carbocycles. The van der Waals surface area contributed by atoms with Crippen LogP contribution in [0, 0.1) is 0 Å². The van der Waals surface area contributed by atoms with Crippen LogP contribution in [0.25, 0.3) is 10.9 Å². The number of ether oxygens (including phenoxy) is 1. The number of benzene rings is 3. The molecule has 1 amide bonds. The van der Waals surface area contributed by atoms with E-state index in [1.165, 1.54) is 23.8 Å². The highest BCUT2D eigenvalue weighted by Crippen LogP contribution is 2.32. The number of amides is 1. The molecule has 4 aromatic rings. The van der Waals surface area contributed by atoms with Crippen molar-refractivity contribution in [1.82, 2.24) is 9.55 Å². The maximum atomic E-state index is 13.1. The molecule has 5 rings (SSSR count). The van der Waals surface area contributed by atoms with Gasteiger partial charge in [-0.15, -0.1) is 0 Å². The summed E-state index contributed by atoms with van der Waals surface area (Å²) < 4.78 is 34.7. The molecule has 1 aliphatic rings. The number of nitrogens with one attached hydrogen (secondary N) is 2. The lowest BCUT2D eigenvalue weighted by Crippen LogP contribution is -2.34. The zero-order valence-electron chi connectivity index (χ0n) is 19.9. The molecule has 0 bridgehead atoms. The number of para-hydroxylation sites is 1. The molecule has 0 spiro atoms. The Kier molecular flexibility index (Phi) is 6.30. The number of carbonyl (C=O) groups is 1. The van der Waals surface area contributed by atoms with Gasteiger partial charge in [0, 0.05) is 37.0 Å². The van der Waals surface area contributed by atoms with Gasteiger partial charge in [0.2, 0.25) is 5.91 Å². The van der Waals surface area contributed by atoms with Crippen molar-refractivity contribution in [2.45, 2.75) is 24.3 Å². The third-order valence-corrected chi connectivity index (χ3v) is 7.71. The molecule has 0 fully saturated rings. The highest BCUT2D eigenvalue weighted by Gasteiger charge is 2.26. The number of nitrogens with zero attached hydrogens (tertiary/aromatic N) is 2. The van der Waals surface area contributed by atoms with E-state index < -0.39 is 21.3 Å². The highest BCUT2D eigenvalue weighted by atomic mass is 32.2. The predicted octanol–water partition coefficient (Wildman–Crippen LogP) is 2.48. The molecule has 11 heteroatoms. The molecular weight excluding hydrogens is 496 g/mol. The number of methoxy groups -OCH3 is 1. The number of hydrogen-bond donors (Lipinski definition) is 2. The van der Waals surface area contributed by atoms with Crippen LogP contribution in [0.2, 0.25) is 0 Å². The summed E-state index contributed by atoms with van der Waals surface area (Å²) in [7, 11) is -2.36.